The molecule has 2 unspecified atom stereocenters. The number of hydrogen-bond donors (Lipinski definition) is 2. The number of imidazole rings is 1. The number of piperidine rings is 1. The van der Waals surface area contributed by atoms with E-state index in [1.54, 1.807) is 0 Å². The Morgan fingerprint density at radius 1 is 1.12 bits per heavy atom. The van der Waals surface area contributed by atoms with Gasteiger partial charge >= 0.3 is 0 Å². The van der Waals surface area contributed by atoms with Gasteiger partial charge in [0.25, 0.3) is 0 Å². The van der Waals surface area contributed by atoms with Crippen LogP contribution in [0.1, 0.15) is 30.9 Å². The minimum Gasteiger partial charge on any atom is -0.393 e. The molecule has 1 aliphatic heterocycles. The van der Waals surface area contributed by atoms with Gasteiger partial charge in [0.15, 0.2) is 0 Å². The molecule has 2 aromatic rings. The van der Waals surface area contributed by atoms with Crippen LogP contribution in [0.5, 0.6) is 0 Å². The molecular formula is C19H29N3O2. The number of β-amino-alcohol motifs (C(OH)–C–C–N with tert-alkyl or cyclic N) is 1. The number of benzene rings is 1. The minimum atomic E-state index is -0.410. The SMILES string of the molecule is Cc1cc2ncn(CC(O)CN3CCC(C(C)O)CC3)c2cc1C. The molecule has 0 amide bonds. The summed E-state index contributed by atoms with van der Waals surface area (Å²) < 4.78 is 2.05. The molecular weight excluding hydrogens is 302 g/mol. The van der Waals surface area contributed by atoms with Gasteiger partial charge in [-0.05, 0) is 75.9 Å². The fraction of sp³-hybridized carbons (Fsp3) is 0.632. The van der Waals surface area contributed by atoms with Gasteiger partial charge in [-0.3, -0.25) is 0 Å². The molecule has 0 saturated carbocycles. The number of aliphatic hydroxyl groups is 2. The average Bonchev–Trinajstić information content (AvgIpc) is 2.90. The van der Waals surface area contributed by atoms with Crippen molar-refractivity contribution in [3.05, 3.63) is 29.6 Å². The highest BCUT2D eigenvalue weighted by molar-refractivity contribution is 5.77. The van der Waals surface area contributed by atoms with E-state index >= 15 is 0 Å². The monoisotopic (exact) mass is 331 g/mol. The number of likely N-dealkylation sites (tertiary alicyclic amines) is 1. The van der Waals surface area contributed by atoms with Crippen molar-refractivity contribution in [2.75, 3.05) is 19.6 Å². The van der Waals surface area contributed by atoms with Gasteiger partial charge in [-0.1, -0.05) is 0 Å². The summed E-state index contributed by atoms with van der Waals surface area (Å²) in [4.78, 5) is 6.76. The lowest BCUT2D eigenvalue weighted by Gasteiger charge is -2.34. The molecule has 5 heteroatoms. The number of rotatable bonds is 5. The number of nitrogens with zero attached hydrogens (tertiary/aromatic N) is 3. The van der Waals surface area contributed by atoms with Crippen molar-refractivity contribution in [3.63, 3.8) is 0 Å². The van der Waals surface area contributed by atoms with Crippen LogP contribution in [0.3, 0.4) is 0 Å². The smallest absolute Gasteiger partial charge is 0.0959 e. The maximum atomic E-state index is 10.5. The fourth-order valence-corrected chi connectivity index (χ4v) is 3.66. The van der Waals surface area contributed by atoms with E-state index in [2.05, 4.69) is 40.4 Å². The Kier molecular flexibility index (Phi) is 5.23. The third kappa shape index (κ3) is 3.79. The lowest BCUT2D eigenvalue weighted by molar-refractivity contribution is 0.0447. The van der Waals surface area contributed by atoms with E-state index < -0.39 is 6.10 Å². The van der Waals surface area contributed by atoms with Crippen molar-refractivity contribution >= 4 is 11.0 Å². The maximum Gasteiger partial charge on any atom is 0.0959 e. The molecule has 1 saturated heterocycles. The zero-order chi connectivity index (χ0) is 17.3. The quantitative estimate of drug-likeness (QED) is 0.881. The lowest BCUT2D eigenvalue weighted by Crippen LogP contribution is -2.41. The molecule has 2 N–H and O–H groups in total. The van der Waals surface area contributed by atoms with Crippen molar-refractivity contribution in [1.29, 1.82) is 0 Å². The standard InChI is InChI=1S/C19H29N3O2/c1-13-8-18-19(9-14(13)2)22(12-20-18)11-17(24)10-21-6-4-16(5-7-21)15(3)23/h8-9,12,15-17,23-24H,4-7,10-11H2,1-3H3. The molecule has 0 aliphatic carbocycles. The Bertz CT molecular complexity index is 687. The number of aromatic nitrogens is 2. The predicted molar refractivity (Wildman–Crippen MR) is 96.1 cm³/mol. The van der Waals surface area contributed by atoms with E-state index in [0.29, 0.717) is 19.0 Å². The summed E-state index contributed by atoms with van der Waals surface area (Å²) >= 11 is 0. The normalized spacial score (nSPS) is 19.7. The van der Waals surface area contributed by atoms with Crippen LogP contribution in [-0.2, 0) is 6.54 Å². The molecule has 0 radical (unpaired) electrons. The van der Waals surface area contributed by atoms with Gasteiger partial charge in [0.2, 0.25) is 0 Å². The molecule has 2 atom stereocenters. The maximum absolute atomic E-state index is 10.5. The number of hydrogen-bond acceptors (Lipinski definition) is 4. The number of aryl methyl sites for hydroxylation is 2. The highest BCUT2D eigenvalue weighted by Gasteiger charge is 2.24. The second-order valence-corrected chi connectivity index (χ2v) is 7.35. The van der Waals surface area contributed by atoms with Crippen molar-refractivity contribution in [2.45, 2.75) is 52.4 Å². The second-order valence-electron chi connectivity index (χ2n) is 7.35. The van der Waals surface area contributed by atoms with Crippen LogP contribution in [-0.4, -0.2) is 56.5 Å². The van der Waals surface area contributed by atoms with E-state index in [9.17, 15) is 10.2 Å². The van der Waals surface area contributed by atoms with Gasteiger partial charge in [0.05, 0.1) is 36.1 Å². The third-order valence-corrected chi connectivity index (χ3v) is 5.43. The molecule has 2 heterocycles. The fourth-order valence-electron chi connectivity index (χ4n) is 3.66. The summed E-state index contributed by atoms with van der Waals surface area (Å²) in [5.74, 6) is 0.405. The van der Waals surface area contributed by atoms with Gasteiger partial charge in [0, 0.05) is 6.54 Å². The summed E-state index contributed by atoms with van der Waals surface area (Å²) in [6.45, 7) is 9.23. The van der Waals surface area contributed by atoms with Crippen LogP contribution in [0.4, 0.5) is 0 Å². The molecule has 0 spiro atoms. The Hall–Kier alpha value is -1.43. The first-order valence-electron chi connectivity index (χ1n) is 8.94. The first-order chi connectivity index (χ1) is 11.4. The molecule has 1 aromatic heterocycles. The lowest BCUT2D eigenvalue weighted by atomic mass is 9.92. The average molecular weight is 331 g/mol. The third-order valence-electron chi connectivity index (χ3n) is 5.43. The predicted octanol–water partition coefficient (Wildman–Crippen LogP) is 2.11. The van der Waals surface area contributed by atoms with Gasteiger partial charge < -0.3 is 19.7 Å². The van der Waals surface area contributed by atoms with E-state index in [1.165, 1.54) is 11.1 Å². The van der Waals surface area contributed by atoms with E-state index in [1.807, 2.05) is 13.3 Å². The van der Waals surface area contributed by atoms with Crippen LogP contribution >= 0.6 is 0 Å². The summed E-state index contributed by atoms with van der Waals surface area (Å²) in [5.41, 5.74) is 4.57. The Morgan fingerprint density at radius 3 is 2.46 bits per heavy atom. The summed E-state index contributed by atoms with van der Waals surface area (Å²) in [6.07, 6.45) is 3.22. The van der Waals surface area contributed by atoms with Gasteiger partial charge in [-0.25, -0.2) is 4.98 Å². The van der Waals surface area contributed by atoms with Crippen molar-refractivity contribution in [3.8, 4) is 0 Å². The van der Waals surface area contributed by atoms with Crippen molar-refractivity contribution in [2.24, 2.45) is 5.92 Å². The van der Waals surface area contributed by atoms with Gasteiger partial charge in [-0.2, -0.15) is 0 Å². The molecule has 5 nitrogen and oxygen atoms in total. The Labute approximate surface area is 143 Å². The van der Waals surface area contributed by atoms with Crippen LogP contribution in [0.15, 0.2) is 18.5 Å². The molecule has 1 aromatic carbocycles. The van der Waals surface area contributed by atoms with Crippen LogP contribution < -0.4 is 0 Å². The molecule has 132 valence electrons. The van der Waals surface area contributed by atoms with Gasteiger partial charge in [0.1, 0.15) is 0 Å². The molecule has 1 fully saturated rings. The van der Waals surface area contributed by atoms with Crippen LogP contribution in [0, 0.1) is 19.8 Å². The second kappa shape index (κ2) is 7.21. The topological polar surface area (TPSA) is 61.5 Å². The zero-order valence-corrected chi connectivity index (χ0v) is 14.9. The Balaban J connectivity index is 1.59. The highest BCUT2D eigenvalue weighted by atomic mass is 16.3. The largest absolute Gasteiger partial charge is 0.393 e. The first kappa shape index (κ1) is 17.4. The number of aliphatic hydroxyl groups excluding tert-OH is 2. The summed E-state index contributed by atoms with van der Waals surface area (Å²) in [7, 11) is 0. The summed E-state index contributed by atoms with van der Waals surface area (Å²) in [6, 6.07) is 4.26. The van der Waals surface area contributed by atoms with Crippen molar-refractivity contribution in [1.82, 2.24) is 14.5 Å². The Morgan fingerprint density at radius 2 is 1.79 bits per heavy atom. The minimum absolute atomic E-state index is 0.221. The van der Waals surface area contributed by atoms with Gasteiger partial charge in [-0.15, -0.1) is 0 Å². The number of fused-ring (bicyclic) bond motifs is 1. The van der Waals surface area contributed by atoms with Crippen LogP contribution in [0.2, 0.25) is 0 Å². The molecule has 3 rings (SSSR count). The van der Waals surface area contributed by atoms with Crippen molar-refractivity contribution < 1.29 is 10.2 Å². The highest BCUT2D eigenvalue weighted by Crippen LogP contribution is 2.21. The van der Waals surface area contributed by atoms with E-state index in [4.69, 9.17) is 0 Å². The molecule has 0 bridgehead atoms. The molecule has 24 heavy (non-hydrogen) atoms. The zero-order valence-electron chi connectivity index (χ0n) is 14.9. The summed E-state index contributed by atoms with van der Waals surface area (Å²) in [5, 5.41) is 20.2. The van der Waals surface area contributed by atoms with Crippen LogP contribution in [0.25, 0.3) is 11.0 Å². The van der Waals surface area contributed by atoms with E-state index in [0.717, 1.165) is 37.0 Å². The first-order valence-corrected chi connectivity index (χ1v) is 8.94. The molecule has 1 aliphatic rings. The van der Waals surface area contributed by atoms with E-state index in [-0.39, 0.29) is 6.10 Å².